The van der Waals surface area contributed by atoms with Gasteiger partial charge in [0.15, 0.2) is 5.82 Å². The highest BCUT2D eigenvalue weighted by Crippen LogP contribution is 2.28. The molecule has 1 aromatic heterocycles. The van der Waals surface area contributed by atoms with Gasteiger partial charge in [0.05, 0.1) is 5.71 Å². The maximum absolute atomic E-state index is 8.95. The fourth-order valence-corrected chi connectivity index (χ4v) is 5.23. The van der Waals surface area contributed by atoms with Crippen LogP contribution < -0.4 is 10.5 Å². The highest BCUT2D eigenvalue weighted by atomic mass is 16.5. The molecule has 1 atom stereocenters. The van der Waals surface area contributed by atoms with Crippen LogP contribution in [0.15, 0.2) is 54.6 Å². The number of nitrogens with two attached hydrogens (primary N) is 1. The van der Waals surface area contributed by atoms with Crippen LogP contribution in [0.3, 0.4) is 0 Å². The van der Waals surface area contributed by atoms with Gasteiger partial charge in [0, 0.05) is 34.8 Å². The van der Waals surface area contributed by atoms with Crippen molar-refractivity contribution in [2.24, 2.45) is 5.41 Å². The zero-order chi connectivity index (χ0) is 26.9. The van der Waals surface area contributed by atoms with Crippen molar-refractivity contribution in [2.45, 2.75) is 53.0 Å². The lowest BCUT2D eigenvalue weighted by Gasteiger charge is -2.22. The summed E-state index contributed by atoms with van der Waals surface area (Å²) in [5.41, 5.74) is 9.67. The van der Waals surface area contributed by atoms with Crippen molar-refractivity contribution in [1.82, 2.24) is 20.1 Å². The Morgan fingerprint density at radius 3 is 2.68 bits per heavy atom. The van der Waals surface area contributed by atoms with Gasteiger partial charge < -0.3 is 10.5 Å². The zero-order valence-electron chi connectivity index (χ0n) is 22.8. The smallest absolute Gasteiger partial charge is 0.181 e. The quantitative estimate of drug-likeness (QED) is 0.197. The lowest BCUT2D eigenvalue weighted by Crippen LogP contribution is -2.33. The molecule has 0 bridgehead atoms. The number of anilines is 1. The van der Waals surface area contributed by atoms with E-state index in [4.69, 9.17) is 15.9 Å². The van der Waals surface area contributed by atoms with Crippen molar-refractivity contribution in [3.05, 3.63) is 71.5 Å². The second-order valence-corrected chi connectivity index (χ2v) is 11.5. The normalized spacial score (nSPS) is 16.3. The summed E-state index contributed by atoms with van der Waals surface area (Å²) in [6.45, 7) is 11.7. The van der Waals surface area contributed by atoms with E-state index in [9.17, 15) is 0 Å². The van der Waals surface area contributed by atoms with Crippen molar-refractivity contribution in [3.8, 4) is 17.1 Å². The highest BCUT2D eigenvalue weighted by Gasteiger charge is 2.23. The maximum atomic E-state index is 8.95. The van der Waals surface area contributed by atoms with Crippen LogP contribution in [0.1, 0.15) is 57.5 Å². The Balaban J connectivity index is 1.34. The van der Waals surface area contributed by atoms with Gasteiger partial charge in [-0.3, -0.25) is 15.4 Å². The van der Waals surface area contributed by atoms with Crippen molar-refractivity contribution < 1.29 is 4.74 Å². The van der Waals surface area contributed by atoms with Gasteiger partial charge in [-0.05, 0) is 78.5 Å². The minimum Gasteiger partial charge on any atom is -0.492 e. The molecule has 5 rings (SSSR count). The number of hydrogen-bond acceptors (Lipinski definition) is 6. The van der Waals surface area contributed by atoms with Gasteiger partial charge in [-0.25, -0.2) is 4.98 Å². The van der Waals surface area contributed by atoms with E-state index in [1.165, 1.54) is 19.4 Å². The molecule has 7 nitrogen and oxygen atoms in total. The summed E-state index contributed by atoms with van der Waals surface area (Å²) in [6.07, 6.45) is 3.25. The fraction of sp³-hybridized carbons (Fsp3) is 0.387. The van der Waals surface area contributed by atoms with Gasteiger partial charge in [-0.15, -0.1) is 0 Å². The van der Waals surface area contributed by atoms with Crippen LogP contribution in [-0.2, 0) is 6.42 Å². The third kappa shape index (κ3) is 5.73. The van der Waals surface area contributed by atoms with Crippen LogP contribution in [0, 0.1) is 10.8 Å². The number of rotatable bonds is 8. The molecule has 1 unspecified atom stereocenters. The molecule has 7 heteroatoms. The SMILES string of the molecule is CCN1CCCC1COc1ccc2cc(C(=N)c3cc(-c4n[nH]c(CC(C)(C)C)n4)ccc3N)ccc2c1. The molecule has 2 heterocycles. The molecule has 4 N–H and O–H groups in total. The van der Waals surface area contributed by atoms with E-state index in [-0.39, 0.29) is 5.41 Å². The monoisotopic (exact) mass is 510 g/mol. The number of benzene rings is 3. The minimum absolute atomic E-state index is 0.112. The minimum atomic E-state index is 0.112. The Kier molecular flexibility index (Phi) is 7.21. The first-order valence-electron chi connectivity index (χ1n) is 13.5. The van der Waals surface area contributed by atoms with Crippen molar-refractivity contribution in [2.75, 3.05) is 25.4 Å². The van der Waals surface area contributed by atoms with Crippen LogP contribution in [0.2, 0.25) is 0 Å². The molecule has 0 amide bonds. The number of nitrogens with one attached hydrogen (secondary N) is 2. The third-order valence-electron chi connectivity index (χ3n) is 7.26. The summed E-state index contributed by atoms with van der Waals surface area (Å²) in [7, 11) is 0. The van der Waals surface area contributed by atoms with E-state index in [2.05, 4.69) is 59.9 Å². The first-order chi connectivity index (χ1) is 18.2. The standard InChI is InChI=1S/C31H38N6O/c1-5-37-14-6-7-24(37)19-38-25-12-10-20-15-22(9-8-21(20)16-25)29(33)26-17-23(11-13-27(26)32)30-34-28(35-36-30)18-31(2,3)4/h8-13,15-17,24,33H,5-7,14,18-19,32H2,1-4H3,(H,34,35,36). The molecule has 1 saturated heterocycles. The molecule has 1 aliphatic heterocycles. The number of H-pyrrole nitrogens is 1. The third-order valence-corrected chi connectivity index (χ3v) is 7.26. The molecule has 0 spiro atoms. The summed E-state index contributed by atoms with van der Waals surface area (Å²) in [6, 6.07) is 18.4. The Bertz CT molecular complexity index is 1450. The summed E-state index contributed by atoms with van der Waals surface area (Å²) in [4.78, 5) is 7.17. The lowest BCUT2D eigenvalue weighted by atomic mass is 9.92. The van der Waals surface area contributed by atoms with E-state index in [0.29, 0.717) is 28.8 Å². The average Bonchev–Trinajstić information content (AvgIpc) is 3.55. The predicted octanol–water partition coefficient (Wildman–Crippen LogP) is 6.07. The van der Waals surface area contributed by atoms with Gasteiger partial charge in [-0.1, -0.05) is 45.9 Å². The van der Waals surface area contributed by atoms with Gasteiger partial charge in [0.2, 0.25) is 0 Å². The van der Waals surface area contributed by atoms with E-state index < -0.39 is 0 Å². The van der Waals surface area contributed by atoms with Gasteiger partial charge in [0.1, 0.15) is 18.2 Å². The molecule has 0 radical (unpaired) electrons. The largest absolute Gasteiger partial charge is 0.492 e. The summed E-state index contributed by atoms with van der Waals surface area (Å²) < 4.78 is 6.16. The molecule has 38 heavy (non-hydrogen) atoms. The molecule has 0 aliphatic carbocycles. The summed E-state index contributed by atoms with van der Waals surface area (Å²) >= 11 is 0. The Hall–Kier alpha value is -3.71. The number of likely N-dealkylation sites (tertiary alicyclic amines) is 1. The number of likely N-dealkylation sites (N-methyl/N-ethyl adjacent to an activating group) is 1. The zero-order valence-corrected chi connectivity index (χ0v) is 22.8. The number of hydrogen-bond donors (Lipinski definition) is 3. The maximum Gasteiger partial charge on any atom is 0.181 e. The van der Waals surface area contributed by atoms with Gasteiger partial charge >= 0.3 is 0 Å². The Morgan fingerprint density at radius 1 is 1.11 bits per heavy atom. The number of aromatic amines is 1. The van der Waals surface area contributed by atoms with E-state index in [0.717, 1.165) is 53.0 Å². The van der Waals surface area contributed by atoms with Crippen molar-refractivity contribution in [1.29, 1.82) is 5.41 Å². The van der Waals surface area contributed by atoms with E-state index in [1.54, 1.807) is 0 Å². The second kappa shape index (κ2) is 10.6. The summed E-state index contributed by atoms with van der Waals surface area (Å²) in [5.74, 6) is 2.35. The highest BCUT2D eigenvalue weighted by molar-refractivity contribution is 6.15. The number of fused-ring (bicyclic) bond motifs is 1. The van der Waals surface area contributed by atoms with Crippen LogP contribution in [-0.4, -0.2) is 51.5 Å². The van der Waals surface area contributed by atoms with Crippen molar-refractivity contribution in [3.63, 3.8) is 0 Å². The molecule has 1 fully saturated rings. The first-order valence-corrected chi connectivity index (χ1v) is 13.5. The number of nitrogens with zero attached hydrogens (tertiary/aromatic N) is 3. The van der Waals surface area contributed by atoms with Crippen LogP contribution >= 0.6 is 0 Å². The molecule has 3 aromatic carbocycles. The second-order valence-electron chi connectivity index (χ2n) is 11.5. The van der Waals surface area contributed by atoms with Gasteiger partial charge in [-0.2, -0.15) is 5.10 Å². The van der Waals surface area contributed by atoms with Crippen LogP contribution in [0.4, 0.5) is 5.69 Å². The Labute approximate surface area is 224 Å². The molecule has 0 saturated carbocycles. The van der Waals surface area contributed by atoms with Crippen LogP contribution in [0.25, 0.3) is 22.2 Å². The summed E-state index contributed by atoms with van der Waals surface area (Å²) in [5, 5.41) is 18.6. The van der Waals surface area contributed by atoms with Crippen molar-refractivity contribution >= 4 is 22.2 Å². The molecular weight excluding hydrogens is 472 g/mol. The lowest BCUT2D eigenvalue weighted by molar-refractivity contribution is 0.179. The fourth-order valence-electron chi connectivity index (χ4n) is 5.23. The predicted molar refractivity (Wildman–Crippen MR) is 155 cm³/mol. The van der Waals surface area contributed by atoms with E-state index in [1.807, 2.05) is 42.5 Å². The first kappa shape index (κ1) is 25.9. The van der Waals surface area contributed by atoms with Crippen LogP contribution in [0.5, 0.6) is 5.75 Å². The molecule has 1 aliphatic rings. The molecular formula is C31H38N6O. The molecule has 198 valence electrons. The Morgan fingerprint density at radius 2 is 1.89 bits per heavy atom. The molecule has 4 aromatic rings. The average molecular weight is 511 g/mol. The topological polar surface area (TPSA) is 104 Å². The number of nitrogen functional groups attached to an aromatic ring is 1. The number of ether oxygens (including phenoxy) is 1. The number of aromatic nitrogens is 3. The van der Waals surface area contributed by atoms with Gasteiger partial charge in [0.25, 0.3) is 0 Å². The van der Waals surface area contributed by atoms with E-state index >= 15 is 0 Å².